The molecular formula is C22H34O5. The van der Waals surface area contributed by atoms with Crippen molar-refractivity contribution in [2.24, 2.45) is 22.7 Å². The van der Waals surface area contributed by atoms with E-state index < -0.39 is 40.7 Å². The van der Waals surface area contributed by atoms with Gasteiger partial charge in [-0.25, -0.2) is 0 Å². The molecule has 2 saturated carbocycles. The predicted molar refractivity (Wildman–Crippen MR) is 102 cm³/mol. The summed E-state index contributed by atoms with van der Waals surface area (Å²) >= 11 is 0. The normalized spacial score (nSPS) is 48.9. The van der Waals surface area contributed by atoms with E-state index in [0.29, 0.717) is 0 Å². The summed E-state index contributed by atoms with van der Waals surface area (Å²) in [5.74, 6) is -0.865. The fraction of sp³-hybridized carbons (Fsp3) is 0.818. The maximum Gasteiger partial charge on any atom is 0.303 e. The fourth-order valence-electron chi connectivity index (χ4n) is 6.84. The van der Waals surface area contributed by atoms with Crippen LogP contribution in [-0.2, 0) is 19.1 Å². The summed E-state index contributed by atoms with van der Waals surface area (Å²) in [4.78, 5) is 25.3. The Hall–Kier alpha value is -1.20. The molecule has 2 aliphatic carbocycles. The first-order valence-electron chi connectivity index (χ1n) is 10.0. The molecule has 3 rings (SSSR count). The second kappa shape index (κ2) is 6.15. The summed E-state index contributed by atoms with van der Waals surface area (Å²) in [6.07, 6.45) is 2.94. The summed E-state index contributed by atoms with van der Waals surface area (Å²) in [6.45, 7) is 15.3. The van der Waals surface area contributed by atoms with Gasteiger partial charge < -0.3 is 14.6 Å². The molecule has 0 amide bonds. The number of rotatable bonds is 2. The van der Waals surface area contributed by atoms with Crippen LogP contribution in [0.3, 0.4) is 0 Å². The van der Waals surface area contributed by atoms with Crippen molar-refractivity contribution in [3.05, 3.63) is 12.7 Å². The first-order valence-corrected chi connectivity index (χ1v) is 10.0. The van der Waals surface area contributed by atoms with Crippen molar-refractivity contribution < 1.29 is 24.2 Å². The molecule has 0 aromatic rings. The van der Waals surface area contributed by atoms with E-state index in [1.165, 1.54) is 6.92 Å². The average Bonchev–Trinajstić information content (AvgIpc) is 2.49. The van der Waals surface area contributed by atoms with Crippen LogP contribution in [0.15, 0.2) is 12.7 Å². The van der Waals surface area contributed by atoms with Crippen molar-refractivity contribution in [2.75, 3.05) is 0 Å². The van der Waals surface area contributed by atoms with E-state index >= 15 is 0 Å². The Morgan fingerprint density at radius 2 is 1.89 bits per heavy atom. The van der Waals surface area contributed by atoms with E-state index in [0.717, 1.165) is 19.3 Å². The number of Topliss-reactive ketones (excluding diaryl/α,β-unsaturated/α-hetero) is 1. The molecule has 27 heavy (non-hydrogen) atoms. The number of esters is 1. The molecule has 0 spiro atoms. The molecule has 3 aliphatic rings. The van der Waals surface area contributed by atoms with Crippen LogP contribution in [0.5, 0.6) is 0 Å². The molecule has 5 nitrogen and oxygen atoms in total. The number of aliphatic hydroxyl groups is 1. The first kappa shape index (κ1) is 20.5. The zero-order valence-corrected chi connectivity index (χ0v) is 17.5. The van der Waals surface area contributed by atoms with Gasteiger partial charge in [-0.15, -0.1) is 6.58 Å². The monoisotopic (exact) mass is 378 g/mol. The second-order valence-corrected chi connectivity index (χ2v) is 10.2. The quantitative estimate of drug-likeness (QED) is 0.589. The van der Waals surface area contributed by atoms with Gasteiger partial charge in [0.2, 0.25) is 0 Å². The van der Waals surface area contributed by atoms with Crippen molar-refractivity contribution in [3.63, 3.8) is 0 Å². The van der Waals surface area contributed by atoms with Crippen LogP contribution >= 0.6 is 0 Å². The van der Waals surface area contributed by atoms with Gasteiger partial charge in [0.05, 0.1) is 11.5 Å². The van der Waals surface area contributed by atoms with Crippen LogP contribution in [-0.4, -0.2) is 40.3 Å². The zero-order chi connectivity index (χ0) is 20.4. The Bertz CT molecular complexity index is 670. The van der Waals surface area contributed by atoms with Crippen LogP contribution in [0.25, 0.3) is 0 Å². The number of ether oxygens (including phenoxy) is 2. The highest BCUT2D eigenvalue weighted by Crippen LogP contribution is 2.65. The van der Waals surface area contributed by atoms with Crippen LogP contribution in [0.2, 0.25) is 0 Å². The lowest BCUT2D eigenvalue weighted by Gasteiger charge is -2.67. The van der Waals surface area contributed by atoms with Gasteiger partial charge in [0.1, 0.15) is 23.6 Å². The molecule has 7 unspecified atom stereocenters. The summed E-state index contributed by atoms with van der Waals surface area (Å²) in [7, 11) is 0. The number of hydrogen-bond acceptors (Lipinski definition) is 5. The molecule has 152 valence electrons. The minimum absolute atomic E-state index is 0.108. The van der Waals surface area contributed by atoms with E-state index in [4.69, 9.17) is 9.47 Å². The highest BCUT2D eigenvalue weighted by molar-refractivity contribution is 5.85. The van der Waals surface area contributed by atoms with Gasteiger partial charge in [-0.05, 0) is 37.5 Å². The molecule has 0 radical (unpaired) electrons. The van der Waals surface area contributed by atoms with Gasteiger partial charge in [-0.1, -0.05) is 33.3 Å². The standard InChI is InChI=1S/C22H34O5/c1-8-20(5)12-14(24)16-21(6)11-9-10-19(3,4)17(21)15(26-13(2)23)18(25)22(16,7)27-20/h8,15-18,25H,1,9-12H2,2-7H3. The van der Waals surface area contributed by atoms with Crippen LogP contribution in [0.1, 0.15) is 67.2 Å². The van der Waals surface area contributed by atoms with Crippen LogP contribution in [0, 0.1) is 22.7 Å². The molecule has 0 aromatic heterocycles. The fourth-order valence-corrected chi connectivity index (χ4v) is 6.84. The smallest absolute Gasteiger partial charge is 0.303 e. The summed E-state index contributed by atoms with van der Waals surface area (Å²) < 4.78 is 12.1. The van der Waals surface area contributed by atoms with Crippen molar-refractivity contribution in [3.8, 4) is 0 Å². The van der Waals surface area contributed by atoms with Crippen molar-refractivity contribution in [1.82, 2.24) is 0 Å². The lowest BCUT2D eigenvalue weighted by atomic mass is 9.42. The van der Waals surface area contributed by atoms with Crippen molar-refractivity contribution >= 4 is 11.8 Å². The number of carbonyl (C=O) groups excluding carboxylic acids is 2. The molecule has 1 saturated heterocycles. The van der Waals surface area contributed by atoms with Crippen molar-refractivity contribution in [1.29, 1.82) is 0 Å². The van der Waals surface area contributed by atoms with Gasteiger partial charge in [0.25, 0.3) is 0 Å². The molecule has 1 N–H and O–H groups in total. The second-order valence-electron chi connectivity index (χ2n) is 10.2. The maximum absolute atomic E-state index is 13.4. The Balaban J connectivity index is 2.19. The van der Waals surface area contributed by atoms with Gasteiger partial charge in [0.15, 0.2) is 0 Å². The third kappa shape index (κ3) is 2.89. The molecule has 7 atom stereocenters. The van der Waals surface area contributed by atoms with Crippen LogP contribution in [0.4, 0.5) is 0 Å². The Morgan fingerprint density at radius 3 is 2.44 bits per heavy atom. The number of fused-ring (bicyclic) bond motifs is 3. The highest BCUT2D eigenvalue weighted by Gasteiger charge is 2.71. The molecule has 0 bridgehead atoms. The lowest BCUT2D eigenvalue weighted by molar-refractivity contribution is -0.306. The lowest BCUT2D eigenvalue weighted by Crippen LogP contribution is -2.75. The van der Waals surface area contributed by atoms with E-state index in [2.05, 4.69) is 27.4 Å². The van der Waals surface area contributed by atoms with Crippen molar-refractivity contribution in [2.45, 2.75) is 90.6 Å². The predicted octanol–water partition coefficient (Wildman–Crippen LogP) is 3.43. The minimum atomic E-state index is -1.13. The van der Waals surface area contributed by atoms with E-state index in [-0.39, 0.29) is 23.5 Å². The first-order chi connectivity index (χ1) is 12.3. The molecule has 0 aromatic carbocycles. The summed E-state index contributed by atoms with van der Waals surface area (Å²) in [5.41, 5.74) is -2.53. The number of aliphatic hydroxyl groups excluding tert-OH is 1. The van der Waals surface area contributed by atoms with Crippen LogP contribution < -0.4 is 0 Å². The molecular weight excluding hydrogens is 344 g/mol. The molecule has 3 fully saturated rings. The van der Waals surface area contributed by atoms with E-state index in [9.17, 15) is 14.7 Å². The SMILES string of the molecule is C=CC1(C)CC(=O)C2C3(C)CCCC(C)(C)C3C(OC(C)=O)C(O)C2(C)O1. The average molecular weight is 379 g/mol. The maximum atomic E-state index is 13.4. The number of ketones is 1. The zero-order valence-electron chi connectivity index (χ0n) is 17.5. The molecule has 1 heterocycles. The Labute approximate surface area is 162 Å². The van der Waals surface area contributed by atoms with E-state index in [1.54, 1.807) is 13.0 Å². The molecule has 1 aliphatic heterocycles. The highest BCUT2D eigenvalue weighted by atomic mass is 16.6. The minimum Gasteiger partial charge on any atom is -0.459 e. The van der Waals surface area contributed by atoms with Gasteiger partial charge >= 0.3 is 5.97 Å². The third-order valence-electron chi connectivity index (χ3n) is 7.58. The third-order valence-corrected chi connectivity index (χ3v) is 7.58. The Morgan fingerprint density at radius 1 is 1.26 bits per heavy atom. The number of hydrogen-bond donors (Lipinski definition) is 1. The summed E-state index contributed by atoms with van der Waals surface area (Å²) in [6, 6.07) is 0. The topological polar surface area (TPSA) is 72.8 Å². The van der Waals surface area contributed by atoms with E-state index in [1.807, 2.05) is 6.92 Å². The summed E-state index contributed by atoms with van der Waals surface area (Å²) in [5, 5.41) is 11.4. The van der Waals surface area contributed by atoms with Gasteiger partial charge in [-0.2, -0.15) is 0 Å². The Kier molecular flexibility index (Phi) is 4.68. The number of carbonyl (C=O) groups is 2. The van der Waals surface area contributed by atoms with Gasteiger partial charge in [0, 0.05) is 19.3 Å². The largest absolute Gasteiger partial charge is 0.459 e. The van der Waals surface area contributed by atoms with Gasteiger partial charge in [-0.3, -0.25) is 9.59 Å². The molecule has 5 heteroatoms.